The molecule has 2 aromatic carbocycles. The van der Waals surface area contributed by atoms with Crippen LogP contribution >= 0.6 is 0 Å². The highest BCUT2D eigenvalue weighted by Gasteiger charge is 2.10. The number of carbonyl (C=O) groups excluding carboxylic acids is 1. The van der Waals surface area contributed by atoms with E-state index in [1.807, 2.05) is 42.5 Å². The Morgan fingerprint density at radius 2 is 1.84 bits per heavy atom. The second-order valence-corrected chi connectivity index (χ2v) is 5.50. The van der Waals surface area contributed by atoms with E-state index in [4.69, 9.17) is 18.9 Å². The maximum atomic E-state index is 11.8. The van der Waals surface area contributed by atoms with E-state index < -0.39 is 0 Å². The van der Waals surface area contributed by atoms with Crippen molar-refractivity contribution in [3.05, 3.63) is 59.7 Å². The minimum Gasteiger partial charge on any atom is -0.497 e. The van der Waals surface area contributed by atoms with Gasteiger partial charge in [0, 0.05) is 12.5 Å². The predicted octanol–water partition coefficient (Wildman–Crippen LogP) is 3.27. The minimum atomic E-state index is -0.372. The van der Waals surface area contributed by atoms with E-state index in [1.54, 1.807) is 13.2 Å². The lowest BCUT2D eigenvalue weighted by atomic mass is 10.1. The topological polar surface area (TPSA) is 54.0 Å². The summed E-state index contributed by atoms with van der Waals surface area (Å²) >= 11 is 0. The molecule has 0 amide bonds. The van der Waals surface area contributed by atoms with Gasteiger partial charge in [-0.2, -0.15) is 0 Å². The zero-order chi connectivity index (χ0) is 17.5. The van der Waals surface area contributed by atoms with Gasteiger partial charge in [0.05, 0.1) is 13.7 Å². The smallest absolute Gasteiger partial charge is 0.330 e. The van der Waals surface area contributed by atoms with Crippen LogP contribution in [0.25, 0.3) is 6.08 Å². The number of ether oxygens (including phenoxy) is 4. The van der Waals surface area contributed by atoms with Crippen LogP contribution in [0.3, 0.4) is 0 Å². The van der Waals surface area contributed by atoms with Crippen LogP contribution in [0.4, 0.5) is 0 Å². The number of rotatable bonds is 6. The Labute approximate surface area is 146 Å². The molecule has 0 bridgehead atoms. The molecule has 0 aliphatic carbocycles. The summed E-state index contributed by atoms with van der Waals surface area (Å²) < 4.78 is 21.3. The molecule has 25 heavy (non-hydrogen) atoms. The summed E-state index contributed by atoms with van der Waals surface area (Å²) in [5.74, 6) is 1.86. The summed E-state index contributed by atoms with van der Waals surface area (Å²) in [5, 5.41) is 0. The highest BCUT2D eigenvalue weighted by molar-refractivity contribution is 5.87. The van der Waals surface area contributed by atoms with E-state index in [2.05, 4.69) is 0 Å². The number of fused-ring (bicyclic) bond motifs is 1. The van der Waals surface area contributed by atoms with Gasteiger partial charge in [-0.3, -0.25) is 0 Å². The first-order valence-electron chi connectivity index (χ1n) is 8.12. The molecule has 0 saturated carbocycles. The second kappa shape index (κ2) is 8.24. The van der Waals surface area contributed by atoms with E-state index in [-0.39, 0.29) is 5.97 Å². The van der Waals surface area contributed by atoms with Crippen molar-refractivity contribution in [3.63, 3.8) is 0 Å². The first-order valence-corrected chi connectivity index (χ1v) is 8.12. The molecule has 0 spiro atoms. The molecule has 0 radical (unpaired) electrons. The summed E-state index contributed by atoms with van der Waals surface area (Å²) in [6.45, 7) is 1.42. The van der Waals surface area contributed by atoms with Crippen LogP contribution in [0.15, 0.2) is 48.5 Å². The van der Waals surface area contributed by atoms with Crippen LogP contribution in [-0.2, 0) is 16.0 Å². The predicted molar refractivity (Wildman–Crippen MR) is 94.1 cm³/mol. The molecule has 0 N–H and O–H groups in total. The Morgan fingerprint density at radius 1 is 1.08 bits per heavy atom. The molecule has 3 rings (SSSR count). The standard InChI is InChI=1S/C20H20O5/c1-22-17-6-2-15(3-7-17)10-11-25-20(21)9-5-16-4-8-18-19(14-16)24-13-12-23-18/h2-9,14H,10-13H2,1H3/b9-5+. The average molecular weight is 340 g/mol. The lowest BCUT2D eigenvalue weighted by molar-refractivity contribution is -0.137. The van der Waals surface area contributed by atoms with Gasteiger partial charge in [-0.1, -0.05) is 18.2 Å². The fourth-order valence-corrected chi connectivity index (χ4v) is 2.44. The fourth-order valence-electron chi connectivity index (χ4n) is 2.44. The third kappa shape index (κ3) is 4.76. The molecule has 1 aliphatic rings. The molecule has 0 saturated heterocycles. The van der Waals surface area contributed by atoms with E-state index in [1.165, 1.54) is 6.08 Å². The Hall–Kier alpha value is -2.95. The third-order valence-corrected chi connectivity index (χ3v) is 3.77. The Bertz CT molecular complexity index is 749. The molecule has 5 heteroatoms. The minimum absolute atomic E-state index is 0.330. The van der Waals surface area contributed by atoms with Crippen LogP contribution in [0, 0.1) is 0 Å². The Balaban J connectivity index is 1.47. The van der Waals surface area contributed by atoms with E-state index in [0.717, 1.165) is 22.6 Å². The maximum absolute atomic E-state index is 11.8. The zero-order valence-electron chi connectivity index (χ0n) is 14.1. The van der Waals surface area contributed by atoms with Gasteiger partial charge in [0.25, 0.3) is 0 Å². The van der Waals surface area contributed by atoms with Crippen molar-refractivity contribution in [1.82, 2.24) is 0 Å². The molecule has 5 nitrogen and oxygen atoms in total. The zero-order valence-corrected chi connectivity index (χ0v) is 14.1. The fraction of sp³-hybridized carbons (Fsp3) is 0.250. The lowest BCUT2D eigenvalue weighted by Crippen LogP contribution is -2.15. The number of hydrogen-bond acceptors (Lipinski definition) is 5. The third-order valence-electron chi connectivity index (χ3n) is 3.77. The molecule has 130 valence electrons. The first kappa shape index (κ1) is 16.9. The number of esters is 1. The SMILES string of the molecule is COc1ccc(CCOC(=O)/C=C/c2ccc3c(c2)OCCO3)cc1. The van der Waals surface area contributed by atoms with Crippen LogP contribution < -0.4 is 14.2 Å². The molecule has 0 aromatic heterocycles. The normalized spacial score (nSPS) is 12.8. The van der Waals surface area contributed by atoms with Crippen molar-refractivity contribution in [2.45, 2.75) is 6.42 Å². The summed E-state index contributed by atoms with van der Waals surface area (Å²) in [5.41, 5.74) is 1.95. The van der Waals surface area contributed by atoms with E-state index >= 15 is 0 Å². The number of hydrogen-bond donors (Lipinski definition) is 0. The maximum Gasteiger partial charge on any atom is 0.330 e. The van der Waals surface area contributed by atoms with Gasteiger partial charge in [-0.15, -0.1) is 0 Å². The van der Waals surface area contributed by atoms with Crippen molar-refractivity contribution in [1.29, 1.82) is 0 Å². The van der Waals surface area contributed by atoms with Gasteiger partial charge in [0.2, 0.25) is 0 Å². The van der Waals surface area contributed by atoms with Gasteiger partial charge in [-0.25, -0.2) is 4.79 Å². The highest BCUT2D eigenvalue weighted by atomic mass is 16.6. The number of benzene rings is 2. The van der Waals surface area contributed by atoms with Gasteiger partial charge in [-0.05, 0) is 41.5 Å². The van der Waals surface area contributed by atoms with Crippen LogP contribution in [0.1, 0.15) is 11.1 Å². The molecule has 0 unspecified atom stereocenters. The van der Waals surface area contributed by atoms with Gasteiger partial charge >= 0.3 is 5.97 Å². The van der Waals surface area contributed by atoms with Crippen LogP contribution in [-0.4, -0.2) is 32.9 Å². The number of carbonyl (C=O) groups is 1. The molecule has 0 atom stereocenters. The molecule has 2 aromatic rings. The van der Waals surface area contributed by atoms with Crippen molar-refractivity contribution >= 4 is 12.0 Å². The quantitative estimate of drug-likeness (QED) is 0.597. The summed E-state index contributed by atoms with van der Waals surface area (Å²) in [4.78, 5) is 11.8. The lowest BCUT2D eigenvalue weighted by Gasteiger charge is -2.18. The average Bonchev–Trinajstić information content (AvgIpc) is 2.67. The van der Waals surface area contributed by atoms with E-state index in [9.17, 15) is 4.79 Å². The monoisotopic (exact) mass is 340 g/mol. The van der Waals surface area contributed by atoms with Gasteiger partial charge < -0.3 is 18.9 Å². The molecule has 0 fully saturated rings. The largest absolute Gasteiger partial charge is 0.497 e. The molecular formula is C20H20O5. The molecule has 1 heterocycles. The second-order valence-electron chi connectivity index (χ2n) is 5.50. The highest BCUT2D eigenvalue weighted by Crippen LogP contribution is 2.31. The summed E-state index contributed by atoms with van der Waals surface area (Å²) in [6, 6.07) is 13.2. The van der Waals surface area contributed by atoms with Crippen molar-refractivity contribution in [3.8, 4) is 17.2 Å². The molecular weight excluding hydrogens is 320 g/mol. The van der Waals surface area contributed by atoms with Crippen LogP contribution in [0.2, 0.25) is 0 Å². The van der Waals surface area contributed by atoms with Crippen molar-refractivity contribution in [2.24, 2.45) is 0 Å². The Morgan fingerprint density at radius 3 is 2.60 bits per heavy atom. The van der Waals surface area contributed by atoms with Crippen molar-refractivity contribution in [2.75, 3.05) is 26.9 Å². The van der Waals surface area contributed by atoms with Gasteiger partial charge in [0.15, 0.2) is 11.5 Å². The van der Waals surface area contributed by atoms with Crippen molar-refractivity contribution < 1.29 is 23.7 Å². The Kier molecular flexibility index (Phi) is 5.57. The summed E-state index contributed by atoms with van der Waals surface area (Å²) in [7, 11) is 1.63. The van der Waals surface area contributed by atoms with Crippen LogP contribution in [0.5, 0.6) is 17.2 Å². The number of methoxy groups -OCH3 is 1. The molecule has 1 aliphatic heterocycles. The summed E-state index contributed by atoms with van der Waals surface area (Å²) in [6.07, 6.45) is 3.78. The van der Waals surface area contributed by atoms with E-state index in [0.29, 0.717) is 32.0 Å². The van der Waals surface area contributed by atoms with Gasteiger partial charge in [0.1, 0.15) is 19.0 Å². The first-order chi connectivity index (χ1) is 12.2.